The van der Waals surface area contributed by atoms with Crippen LogP contribution in [0.15, 0.2) is 265 Å². The van der Waals surface area contributed by atoms with Crippen LogP contribution < -0.4 is 4.74 Å². The first-order chi connectivity index (χ1) is 37.2. The molecule has 16 rings (SSSR count). The number of benzene rings is 12. The molecule has 2 heterocycles. The van der Waals surface area contributed by atoms with Crippen molar-refractivity contribution in [1.82, 2.24) is 0 Å². The van der Waals surface area contributed by atoms with Gasteiger partial charge in [-0.3, -0.25) is 0 Å². The van der Waals surface area contributed by atoms with Gasteiger partial charge in [-0.1, -0.05) is 243 Å². The molecule has 0 saturated heterocycles. The van der Waals surface area contributed by atoms with Gasteiger partial charge in [0.1, 0.15) is 22.7 Å². The van der Waals surface area contributed by atoms with Crippen LogP contribution in [0.5, 0.6) is 11.5 Å². The Bertz CT molecular complexity index is 4340. The number of rotatable bonds is 7. The van der Waals surface area contributed by atoms with E-state index < -0.39 is 10.8 Å². The number of fused-ring (bicyclic) bond motifs is 19. The molecule has 1 aliphatic heterocycles. The number of hydrogen-bond acceptors (Lipinski definition) is 2. The summed E-state index contributed by atoms with van der Waals surface area (Å²) in [7, 11) is 0. The van der Waals surface area contributed by atoms with Gasteiger partial charge >= 0.3 is 0 Å². The molecule has 0 N–H and O–H groups in total. The van der Waals surface area contributed by atoms with Gasteiger partial charge in [0.2, 0.25) is 0 Å². The molecular weight excluding hydrogens is 909 g/mol. The predicted molar refractivity (Wildman–Crippen MR) is 306 cm³/mol. The highest BCUT2D eigenvalue weighted by atomic mass is 16.5. The highest BCUT2D eigenvalue weighted by molar-refractivity contribution is 6.05. The van der Waals surface area contributed by atoms with Gasteiger partial charge in [-0.25, -0.2) is 0 Å². The topological polar surface area (TPSA) is 22.4 Å². The van der Waals surface area contributed by atoms with Gasteiger partial charge in [0.15, 0.2) is 0 Å². The van der Waals surface area contributed by atoms with Crippen molar-refractivity contribution in [2.24, 2.45) is 0 Å². The van der Waals surface area contributed by atoms with E-state index in [1.54, 1.807) is 0 Å². The fourth-order valence-corrected chi connectivity index (χ4v) is 14.1. The van der Waals surface area contributed by atoms with Gasteiger partial charge in [-0.2, -0.15) is 0 Å². The number of para-hydroxylation sites is 1. The Labute approximate surface area is 435 Å². The first kappa shape index (κ1) is 42.3. The van der Waals surface area contributed by atoms with Crippen molar-refractivity contribution in [2.45, 2.75) is 29.6 Å². The fourth-order valence-electron chi connectivity index (χ4n) is 14.1. The Morgan fingerprint density at radius 3 is 1.52 bits per heavy atom. The standard InChI is InChI=1S/C73H48O2/c1-3-19-51(20-4-1)72(52-21-5-2-6-22-52)62-28-14-12-26-57(62)60-44-49(35-39-64(60)72)53(50-36-42-69-61(45-50)59-27-13-16-30-68(59)74-69)37-31-46-32-38-58-56-25-11-15-29-63(56)73(67(58)43-46)65-40-33-47-17-7-9-23-54(47)70(65)75-71-55-24-10-8-18-48(55)34-41-66(71)73/h1-30,32-36,38-45,53H,31,37H2. The maximum atomic E-state index is 7.29. The zero-order valence-electron chi connectivity index (χ0n) is 41.1. The van der Waals surface area contributed by atoms with Crippen LogP contribution in [0.3, 0.4) is 0 Å². The molecule has 13 aromatic rings. The Balaban J connectivity index is 0.881. The number of aryl methyl sites for hydroxylation is 1. The Hall–Kier alpha value is -9.24. The van der Waals surface area contributed by atoms with Crippen LogP contribution in [0, 0.1) is 0 Å². The first-order valence-corrected chi connectivity index (χ1v) is 26.4. The van der Waals surface area contributed by atoms with Crippen molar-refractivity contribution < 1.29 is 9.15 Å². The molecule has 1 aromatic heterocycles. The van der Waals surface area contributed by atoms with Gasteiger partial charge in [0.05, 0.1) is 10.8 Å². The largest absolute Gasteiger partial charge is 0.456 e. The third-order valence-corrected chi connectivity index (χ3v) is 17.3. The van der Waals surface area contributed by atoms with Crippen LogP contribution in [0.1, 0.15) is 73.5 Å². The predicted octanol–water partition coefficient (Wildman–Crippen LogP) is 18.5. The highest BCUT2D eigenvalue weighted by Crippen LogP contribution is 2.64. The summed E-state index contributed by atoms with van der Waals surface area (Å²) >= 11 is 0. The number of furan rings is 1. The van der Waals surface area contributed by atoms with Gasteiger partial charge in [-0.05, 0) is 114 Å². The average molecular weight is 957 g/mol. The van der Waals surface area contributed by atoms with Crippen LogP contribution in [0.25, 0.3) is 65.7 Å². The molecule has 2 nitrogen and oxygen atoms in total. The van der Waals surface area contributed by atoms with Crippen LogP contribution in [-0.2, 0) is 17.3 Å². The van der Waals surface area contributed by atoms with E-state index >= 15 is 0 Å². The summed E-state index contributed by atoms with van der Waals surface area (Å²) in [5, 5.41) is 6.89. The summed E-state index contributed by atoms with van der Waals surface area (Å²) < 4.78 is 13.7. The molecule has 0 saturated carbocycles. The van der Waals surface area contributed by atoms with Gasteiger partial charge < -0.3 is 9.15 Å². The molecule has 75 heavy (non-hydrogen) atoms. The molecule has 2 heteroatoms. The minimum Gasteiger partial charge on any atom is -0.456 e. The molecule has 12 aromatic carbocycles. The lowest BCUT2D eigenvalue weighted by atomic mass is 9.65. The molecule has 0 amide bonds. The van der Waals surface area contributed by atoms with Crippen LogP contribution >= 0.6 is 0 Å². The smallest absolute Gasteiger partial charge is 0.140 e. The molecule has 0 fully saturated rings. The summed E-state index contributed by atoms with van der Waals surface area (Å²) in [5.74, 6) is 1.95. The second kappa shape index (κ2) is 16.1. The van der Waals surface area contributed by atoms with Crippen molar-refractivity contribution >= 4 is 43.5 Å². The van der Waals surface area contributed by atoms with Crippen molar-refractivity contribution in [1.29, 1.82) is 0 Å². The Morgan fingerprint density at radius 1 is 0.320 bits per heavy atom. The van der Waals surface area contributed by atoms with Crippen LogP contribution in [0.2, 0.25) is 0 Å². The third kappa shape index (κ3) is 5.91. The molecule has 1 atom stereocenters. The SMILES string of the molecule is c1ccc(C2(c3ccccc3)c3ccccc3-c3cc(C(CCc4ccc5c(c4)C4(c6ccccc6-5)c5ccc6ccccc6c5Oc5c4ccc4ccccc54)c4ccc5oc6ccccc6c5c4)ccc32)cc1. The van der Waals surface area contributed by atoms with Crippen molar-refractivity contribution in [3.8, 4) is 33.8 Å². The molecule has 352 valence electrons. The van der Waals surface area contributed by atoms with Crippen LogP contribution in [0.4, 0.5) is 0 Å². The summed E-state index contributed by atoms with van der Waals surface area (Å²) in [6.45, 7) is 0. The molecule has 0 bridgehead atoms. The number of ether oxygens (including phenoxy) is 1. The van der Waals surface area contributed by atoms with E-state index in [0.717, 1.165) is 57.1 Å². The van der Waals surface area contributed by atoms with Crippen LogP contribution in [-0.4, -0.2) is 0 Å². The normalized spacial score (nSPS) is 14.5. The highest BCUT2D eigenvalue weighted by Gasteiger charge is 2.52. The van der Waals surface area contributed by atoms with E-state index in [0.29, 0.717) is 0 Å². The maximum Gasteiger partial charge on any atom is 0.140 e. The zero-order valence-corrected chi connectivity index (χ0v) is 41.1. The summed E-state index contributed by atoms with van der Waals surface area (Å²) in [6.07, 6.45) is 1.76. The van der Waals surface area contributed by atoms with E-state index in [1.165, 1.54) is 94.2 Å². The van der Waals surface area contributed by atoms with E-state index in [4.69, 9.17) is 9.15 Å². The minimum atomic E-state index is -0.608. The fraction of sp³-hybridized carbons (Fsp3) is 0.0685. The lowest BCUT2D eigenvalue weighted by Crippen LogP contribution is -2.32. The molecule has 0 radical (unpaired) electrons. The Morgan fingerprint density at radius 2 is 0.827 bits per heavy atom. The average Bonchev–Trinajstić information content (AvgIpc) is 4.13. The maximum absolute atomic E-state index is 7.29. The molecule has 3 aliphatic rings. The molecule has 1 unspecified atom stereocenters. The van der Waals surface area contributed by atoms with Crippen molar-refractivity contribution in [3.05, 3.63) is 322 Å². The van der Waals surface area contributed by atoms with Gasteiger partial charge in [0.25, 0.3) is 0 Å². The van der Waals surface area contributed by atoms with E-state index in [9.17, 15) is 0 Å². The van der Waals surface area contributed by atoms with E-state index in [1.807, 2.05) is 0 Å². The van der Waals surface area contributed by atoms with E-state index in [-0.39, 0.29) is 5.92 Å². The molecular formula is C73H48O2. The van der Waals surface area contributed by atoms with Gasteiger partial charge in [-0.15, -0.1) is 0 Å². The molecule has 2 aliphatic carbocycles. The van der Waals surface area contributed by atoms with Crippen molar-refractivity contribution in [3.63, 3.8) is 0 Å². The van der Waals surface area contributed by atoms with Gasteiger partial charge in [0, 0.05) is 38.6 Å². The monoisotopic (exact) mass is 956 g/mol. The lowest BCUT2D eigenvalue weighted by Gasteiger charge is -2.40. The van der Waals surface area contributed by atoms with E-state index in [2.05, 4.69) is 261 Å². The second-order valence-corrected chi connectivity index (χ2v) is 20.9. The molecule has 1 spiro atoms. The summed E-state index contributed by atoms with van der Waals surface area (Å²) in [6, 6.07) is 97.2. The lowest BCUT2D eigenvalue weighted by molar-refractivity contribution is 0.447. The minimum absolute atomic E-state index is 0.0747. The zero-order chi connectivity index (χ0) is 49.2. The third-order valence-electron chi connectivity index (χ3n) is 17.3. The summed E-state index contributed by atoms with van der Waals surface area (Å²) in [4.78, 5) is 0. The number of hydrogen-bond donors (Lipinski definition) is 0. The Kier molecular flexibility index (Phi) is 9.09. The summed E-state index contributed by atoms with van der Waals surface area (Å²) in [5.41, 5.74) is 20.0. The second-order valence-electron chi connectivity index (χ2n) is 20.9. The quantitative estimate of drug-likeness (QED) is 0.159. The first-order valence-electron chi connectivity index (χ1n) is 26.4. The van der Waals surface area contributed by atoms with Crippen molar-refractivity contribution in [2.75, 3.05) is 0 Å².